The summed E-state index contributed by atoms with van der Waals surface area (Å²) in [5.41, 5.74) is 6.21. The van der Waals surface area contributed by atoms with Gasteiger partial charge in [0.2, 0.25) is 0 Å². The third-order valence-electron chi connectivity index (χ3n) is 2.65. The monoisotopic (exact) mass is 385 g/mol. The van der Waals surface area contributed by atoms with Crippen LogP contribution in [-0.2, 0) is 0 Å². The lowest BCUT2D eigenvalue weighted by Gasteiger charge is -2.12. The van der Waals surface area contributed by atoms with E-state index in [2.05, 4.69) is 15.9 Å². The summed E-state index contributed by atoms with van der Waals surface area (Å²) in [7, 11) is 0. The average molecular weight is 387 g/mol. The van der Waals surface area contributed by atoms with Gasteiger partial charge >= 0.3 is 0 Å². The lowest BCUT2D eigenvalue weighted by molar-refractivity contribution is 0.217. The fourth-order valence-corrected chi connectivity index (χ4v) is 2.50. The van der Waals surface area contributed by atoms with Crippen LogP contribution in [0, 0.1) is 0 Å². The second kappa shape index (κ2) is 7.64. The van der Waals surface area contributed by atoms with Crippen molar-refractivity contribution in [3.05, 3.63) is 57.5 Å². The maximum atomic E-state index is 6.06. The molecule has 0 atom stereocenters. The van der Waals surface area contributed by atoms with Crippen molar-refractivity contribution in [2.24, 2.45) is 5.73 Å². The lowest BCUT2D eigenvalue weighted by atomic mass is 10.2. The molecule has 0 saturated heterocycles. The Balaban J connectivity index is 1.90. The van der Waals surface area contributed by atoms with Gasteiger partial charge in [-0.3, -0.25) is 0 Å². The van der Waals surface area contributed by atoms with Crippen LogP contribution in [0.5, 0.6) is 11.5 Å². The summed E-state index contributed by atoms with van der Waals surface area (Å²) in [6.45, 7) is 0.775. The topological polar surface area (TPSA) is 44.5 Å². The average Bonchev–Trinajstić information content (AvgIpc) is 2.45. The molecule has 0 amide bonds. The van der Waals surface area contributed by atoms with Crippen molar-refractivity contribution >= 4 is 44.7 Å². The van der Waals surface area contributed by atoms with E-state index in [0.29, 0.717) is 29.5 Å². The normalized spacial score (nSPS) is 10.2. The highest BCUT2D eigenvalue weighted by Gasteiger charge is 2.10. The molecule has 0 aromatic heterocycles. The molecule has 0 unspecified atom stereocenters. The van der Waals surface area contributed by atoms with Crippen LogP contribution in [0.3, 0.4) is 0 Å². The van der Waals surface area contributed by atoms with Crippen molar-refractivity contribution in [3.8, 4) is 11.5 Å². The number of hydrogen-bond donors (Lipinski definition) is 1. The second-order valence-electron chi connectivity index (χ2n) is 4.13. The van der Waals surface area contributed by atoms with Gasteiger partial charge in [-0.2, -0.15) is 0 Å². The highest BCUT2D eigenvalue weighted by molar-refractivity contribution is 9.10. The summed E-state index contributed by atoms with van der Waals surface area (Å²) < 4.78 is 12.2. The van der Waals surface area contributed by atoms with Crippen LogP contribution in [0.2, 0.25) is 5.02 Å². The first-order valence-electron chi connectivity index (χ1n) is 6.17. The molecule has 0 radical (unpaired) electrons. The molecular weight excluding hydrogens is 374 g/mol. The highest BCUT2D eigenvalue weighted by atomic mass is 79.9. The molecule has 0 bridgehead atoms. The summed E-state index contributed by atoms with van der Waals surface area (Å²) in [4.78, 5) is 0.212. The van der Waals surface area contributed by atoms with E-state index in [0.717, 1.165) is 10.2 Å². The summed E-state index contributed by atoms with van der Waals surface area (Å²) in [5.74, 6) is 1.34. The van der Waals surface area contributed by atoms with Crippen molar-refractivity contribution in [2.45, 2.75) is 0 Å². The molecule has 110 valence electrons. The number of thiocarbonyl (C=S) groups is 1. The third kappa shape index (κ3) is 4.59. The van der Waals surface area contributed by atoms with Gasteiger partial charge in [0.1, 0.15) is 29.7 Å². The Bertz CT molecular complexity index is 634. The number of rotatable bonds is 6. The Morgan fingerprint density at radius 1 is 1.10 bits per heavy atom. The van der Waals surface area contributed by atoms with Crippen LogP contribution < -0.4 is 15.2 Å². The first kappa shape index (κ1) is 16.1. The second-order valence-corrected chi connectivity index (χ2v) is 5.89. The first-order chi connectivity index (χ1) is 10.1. The third-order valence-corrected chi connectivity index (χ3v) is 3.69. The molecule has 0 heterocycles. The molecule has 0 spiro atoms. The number of benzene rings is 2. The van der Waals surface area contributed by atoms with E-state index in [1.807, 2.05) is 24.3 Å². The zero-order valence-corrected chi connectivity index (χ0v) is 14.2. The van der Waals surface area contributed by atoms with Gasteiger partial charge < -0.3 is 15.2 Å². The highest BCUT2D eigenvalue weighted by Crippen LogP contribution is 2.26. The molecule has 6 heteroatoms. The Morgan fingerprint density at radius 2 is 1.76 bits per heavy atom. The Hall–Kier alpha value is -1.30. The minimum Gasteiger partial charge on any atom is -0.490 e. The van der Waals surface area contributed by atoms with E-state index in [1.165, 1.54) is 0 Å². The Kier molecular flexibility index (Phi) is 5.85. The van der Waals surface area contributed by atoms with Crippen molar-refractivity contribution in [1.29, 1.82) is 0 Å². The largest absolute Gasteiger partial charge is 0.490 e. The van der Waals surface area contributed by atoms with E-state index in [-0.39, 0.29) is 4.99 Å². The van der Waals surface area contributed by atoms with Crippen LogP contribution in [-0.4, -0.2) is 18.2 Å². The number of nitrogens with two attached hydrogens (primary N) is 1. The van der Waals surface area contributed by atoms with E-state index in [4.69, 9.17) is 39.0 Å². The lowest BCUT2D eigenvalue weighted by Crippen LogP contribution is -2.15. The van der Waals surface area contributed by atoms with E-state index in [1.54, 1.807) is 18.2 Å². The zero-order valence-electron chi connectivity index (χ0n) is 11.0. The van der Waals surface area contributed by atoms with Gasteiger partial charge in [-0.05, 0) is 36.4 Å². The molecule has 2 N–H and O–H groups in total. The molecule has 0 aliphatic heterocycles. The van der Waals surface area contributed by atoms with Crippen LogP contribution >= 0.6 is 39.7 Å². The van der Waals surface area contributed by atoms with E-state index >= 15 is 0 Å². The maximum Gasteiger partial charge on any atom is 0.131 e. The summed E-state index contributed by atoms with van der Waals surface area (Å²) in [5, 5.41) is 0.480. The molecule has 21 heavy (non-hydrogen) atoms. The number of halogens is 2. The van der Waals surface area contributed by atoms with Crippen LogP contribution in [0.15, 0.2) is 46.9 Å². The molecular formula is C15H13BrClNO2S. The fraction of sp³-hybridized carbons (Fsp3) is 0.133. The number of ether oxygens (including phenoxy) is 2. The minimum absolute atomic E-state index is 0.212. The first-order valence-corrected chi connectivity index (χ1v) is 7.75. The molecule has 0 aliphatic carbocycles. The van der Waals surface area contributed by atoms with Crippen molar-refractivity contribution in [2.75, 3.05) is 13.2 Å². The van der Waals surface area contributed by atoms with E-state index < -0.39 is 0 Å². The standard InChI is InChI=1S/C15H13BrClNO2S/c16-10-4-6-11(7-5-10)19-8-9-20-13-3-1-2-12(17)14(13)15(18)21/h1-7H,8-9H2,(H2,18,21). The minimum atomic E-state index is 0.212. The predicted octanol–water partition coefficient (Wildman–Crippen LogP) is 4.19. The Labute approximate surface area is 142 Å². The summed E-state index contributed by atoms with van der Waals surface area (Å²) in [6.07, 6.45) is 0. The van der Waals surface area contributed by atoms with Crippen LogP contribution in [0.1, 0.15) is 5.56 Å². The van der Waals surface area contributed by atoms with Gasteiger partial charge in [0.25, 0.3) is 0 Å². The van der Waals surface area contributed by atoms with Gasteiger partial charge in [0.15, 0.2) is 0 Å². The molecule has 0 fully saturated rings. The smallest absolute Gasteiger partial charge is 0.131 e. The Morgan fingerprint density at radius 3 is 2.43 bits per heavy atom. The fourth-order valence-electron chi connectivity index (χ4n) is 1.71. The van der Waals surface area contributed by atoms with Gasteiger partial charge in [0.05, 0.1) is 10.6 Å². The van der Waals surface area contributed by atoms with Gasteiger partial charge in [-0.25, -0.2) is 0 Å². The molecule has 2 rings (SSSR count). The molecule has 2 aromatic carbocycles. The number of hydrogen-bond acceptors (Lipinski definition) is 3. The van der Waals surface area contributed by atoms with Crippen LogP contribution in [0.25, 0.3) is 0 Å². The van der Waals surface area contributed by atoms with Gasteiger partial charge in [-0.15, -0.1) is 0 Å². The zero-order chi connectivity index (χ0) is 15.2. The van der Waals surface area contributed by atoms with Crippen molar-refractivity contribution in [1.82, 2.24) is 0 Å². The van der Waals surface area contributed by atoms with Crippen LogP contribution in [0.4, 0.5) is 0 Å². The predicted molar refractivity (Wildman–Crippen MR) is 92.5 cm³/mol. The molecule has 3 nitrogen and oxygen atoms in total. The quantitative estimate of drug-likeness (QED) is 0.597. The van der Waals surface area contributed by atoms with Gasteiger partial charge in [-0.1, -0.05) is 45.8 Å². The van der Waals surface area contributed by atoms with Crippen molar-refractivity contribution in [3.63, 3.8) is 0 Å². The van der Waals surface area contributed by atoms with E-state index in [9.17, 15) is 0 Å². The van der Waals surface area contributed by atoms with Gasteiger partial charge in [0, 0.05) is 4.47 Å². The van der Waals surface area contributed by atoms with Crippen molar-refractivity contribution < 1.29 is 9.47 Å². The molecule has 0 saturated carbocycles. The summed E-state index contributed by atoms with van der Waals surface area (Å²) >= 11 is 14.4. The SMILES string of the molecule is NC(=S)c1c(Cl)cccc1OCCOc1ccc(Br)cc1. The maximum absolute atomic E-state index is 6.06. The molecule has 0 aliphatic rings. The summed E-state index contributed by atoms with van der Waals surface area (Å²) in [6, 6.07) is 12.9. The molecule has 2 aromatic rings.